The highest BCUT2D eigenvalue weighted by Gasteiger charge is 2.36. The summed E-state index contributed by atoms with van der Waals surface area (Å²) in [5.74, 6) is -0.722. The van der Waals surface area contributed by atoms with Crippen LogP contribution in [-0.4, -0.2) is 50.9 Å². The van der Waals surface area contributed by atoms with Crippen LogP contribution in [0.3, 0.4) is 0 Å². The number of para-hydroxylation sites is 2. The Morgan fingerprint density at radius 2 is 1.52 bits per heavy atom. The van der Waals surface area contributed by atoms with Crippen LogP contribution in [0.1, 0.15) is 31.4 Å². The van der Waals surface area contributed by atoms with Crippen molar-refractivity contribution in [1.29, 1.82) is 0 Å². The van der Waals surface area contributed by atoms with Crippen LogP contribution in [0.5, 0.6) is 5.75 Å². The van der Waals surface area contributed by atoms with Crippen molar-refractivity contribution in [1.82, 2.24) is 10.2 Å². The first-order valence-corrected chi connectivity index (χ1v) is 17.0. The van der Waals surface area contributed by atoms with E-state index in [2.05, 4.69) is 5.32 Å². The summed E-state index contributed by atoms with van der Waals surface area (Å²) in [5.41, 5.74) is 1.55. The van der Waals surface area contributed by atoms with Gasteiger partial charge in [0.2, 0.25) is 11.8 Å². The van der Waals surface area contributed by atoms with Crippen molar-refractivity contribution in [2.24, 2.45) is 0 Å². The highest BCUT2D eigenvalue weighted by molar-refractivity contribution is 7.92. The Bertz CT molecular complexity index is 1740. The zero-order valence-corrected chi connectivity index (χ0v) is 28.2. The maximum absolute atomic E-state index is 14.6. The number of nitrogens with one attached hydrogen (secondary N) is 1. The number of amides is 2. The average molecular weight is 683 g/mol. The smallest absolute Gasteiger partial charge is 0.264 e. The van der Waals surface area contributed by atoms with Crippen LogP contribution >= 0.6 is 23.2 Å². The number of carbonyl (C=O) groups excluding carboxylic acids is 2. The van der Waals surface area contributed by atoms with Crippen molar-refractivity contribution in [2.75, 3.05) is 18.0 Å². The number of benzene rings is 4. The van der Waals surface area contributed by atoms with E-state index in [0.717, 1.165) is 9.87 Å². The van der Waals surface area contributed by atoms with Crippen molar-refractivity contribution >= 4 is 50.7 Å². The van der Waals surface area contributed by atoms with Gasteiger partial charge in [0.05, 0.1) is 17.7 Å². The van der Waals surface area contributed by atoms with E-state index >= 15 is 0 Å². The molecule has 0 heterocycles. The summed E-state index contributed by atoms with van der Waals surface area (Å²) in [6.07, 6.45) is 0.859. The second kappa shape index (κ2) is 16.0. The summed E-state index contributed by atoms with van der Waals surface area (Å²) in [6, 6.07) is 27.5. The molecule has 4 rings (SSSR count). The van der Waals surface area contributed by atoms with Gasteiger partial charge in [0.1, 0.15) is 18.3 Å². The molecule has 242 valence electrons. The van der Waals surface area contributed by atoms with Gasteiger partial charge in [-0.25, -0.2) is 8.42 Å². The molecule has 0 spiro atoms. The molecule has 0 radical (unpaired) electrons. The fraction of sp³-hybridized carbons (Fsp3) is 0.257. The van der Waals surface area contributed by atoms with Crippen LogP contribution < -0.4 is 14.4 Å². The highest BCUT2D eigenvalue weighted by Crippen LogP contribution is 2.33. The van der Waals surface area contributed by atoms with E-state index in [0.29, 0.717) is 22.0 Å². The Balaban J connectivity index is 1.85. The van der Waals surface area contributed by atoms with Crippen molar-refractivity contribution in [3.63, 3.8) is 0 Å². The third-order valence-electron chi connectivity index (χ3n) is 7.59. The van der Waals surface area contributed by atoms with E-state index in [4.69, 9.17) is 27.9 Å². The summed E-state index contributed by atoms with van der Waals surface area (Å²) in [5, 5.41) is 3.74. The Hall–Kier alpha value is -4.05. The van der Waals surface area contributed by atoms with E-state index in [1.54, 1.807) is 60.7 Å². The first kappa shape index (κ1) is 34.8. The lowest BCUT2D eigenvalue weighted by molar-refractivity contribution is -0.140. The molecule has 0 unspecified atom stereocenters. The topological polar surface area (TPSA) is 96.0 Å². The Labute approximate surface area is 280 Å². The number of halogens is 2. The van der Waals surface area contributed by atoms with Gasteiger partial charge in [-0.2, -0.15) is 0 Å². The van der Waals surface area contributed by atoms with Crippen LogP contribution in [-0.2, 0) is 32.6 Å². The van der Waals surface area contributed by atoms with Gasteiger partial charge >= 0.3 is 0 Å². The van der Waals surface area contributed by atoms with Crippen LogP contribution in [0.25, 0.3) is 0 Å². The van der Waals surface area contributed by atoms with E-state index in [-0.39, 0.29) is 41.2 Å². The molecule has 0 bridgehead atoms. The number of sulfonamides is 1. The van der Waals surface area contributed by atoms with Gasteiger partial charge in [0.25, 0.3) is 10.0 Å². The fourth-order valence-electron chi connectivity index (χ4n) is 4.90. The minimum atomic E-state index is -4.27. The van der Waals surface area contributed by atoms with Crippen LogP contribution in [0, 0.1) is 0 Å². The van der Waals surface area contributed by atoms with Crippen molar-refractivity contribution in [3.8, 4) is 5.75 Å². The molecule has 2 amide bonds. The molecule has 0 aliphatic heterocycles. The van der Waals surface area contributed by atoms with Crippen molar-refractivity contribution in [2.45, 2.75) is 50.2 Å². The predicted molar refractivity (Wildman–Crippen MR) is 183 cm³/mol. The molecular weight excluding hydrogens is 645 g/mol. The maximum atomic E-state index is 14.6. The number of carbonyl (C=O) groups is 2. The molecule has 0 aromatic heterocycles. The molecule has 2 atom stereocenters. The summed E-state index contributed by atoms with van der Waals surface area (Å²) >= 11 is 12.7. The number of rotatable bonds is 14. The quantitative estimate of drug-likeness (QED) is 0.159. The number of methoxy groups -OCH3 is 1. The molecular formula is C35H37Cl2N3O5S. The molecule has 0 saturated heterocycles. The van der Waals surface area contributed by atoms with E-state index in [9.17, 15) is 18.0 Å². The van der Waals surface area contributed by atoms with Crippen molar-refractivity contribution in [3.05, 3.63) is 124 Å². The third-order valence-corrected chi connectivity index (χ3v) is 9.95. The first-order valence-electron chi connectivity index (χ1n) is 14.8. The zero-order chi connectivity index (χ0) is 33.3. The molecule has 46 heavy (non-hydrogen) atoms. The van der Waals surface area contributed by atoms with E-state index < -0.39 is 28.5 Å². The summed E-state index contributed by atoms with van der Waals surface area (Å²) < 4.78 is 34.9. The van der Waals surface area contributed by atoms with Gasteiger partial charge in [-0.05, 0) is 60.9 Å². The van der Waals surface area contributed by atoms with E-state index in [1.807, 2.05) is 44.2 Å². The Kier molecular flexibility index (Phi) is 12.1. The molecule has 0 aliphatic rings. The van der Waals surface area contributed by atoms with E-state index in [1.165, 1.54) is 24.1 Å². The number of anilines is 1. The number of ether oxygens (including phenoxy) is 1. The number of nitrogens with zero attached hydrogens (tertiary/aromatic N) is 2. The third kappa shape index (κ3) is 8.60. The lowest BCUT2D eigenvalue weighted by atomic mass is 10.0. The largest absolute Gasteiger partial charge is 0.495 e. The number of hydrogen-bond donors (Lipinski definition) is 1. The summed E-state index contributed by atoms with van der Waals surface area (Å²) in [6.45, 7) is 3.14. The van der Waals surface area contributed by atoms with Gasteiger partial charge in [-0.15, -0.1) is 0 Å². The molecule has 0 aliphatic carbocycles. The van der Waals surface area contributed by atoms with Gasteiger partial charge in [0.15, 0.2) is 0 Å². The number of hydrogen-bond acceptors (Lipinski definition) is 5. The second-order valence-corrected chi connectivity index (χ2v) is 13.5. The average Bonchev–Trinajstić information content (AvgIpc) is 3.06. The molecule has 11 heteroatoms. The Morgan fingerprint density at radius 3 is 2.15 bits per heavy atom. The minimum Gasteiger partial charge on any atom is -0.495 e. The van der Waals surface area contributed by atoms with Gasteiger partial charge in [-0.3, -0.25) is 13.9 Å². The lowest BCUT2D eigenvalue weighted by Gasteiger charge is -2.34. The summed E-state index contributed by atoms with van der Waals surface area (Å²) in [4.78, 5) is 30.0. The monoisotopic (exact) mass is 681 g/mol. The van der Waals surface area contributed by atoms with Crippen molar-refractivity contribution < 1.29 is 22.7 Å². The van der Waals surface area contributed by atoms with Crippen LogP contribution in [0.4, 0.5) is 5.69 Å². The summed E-state index contributed by atoms with van der Waals surface area (Å²) in [7, 11) is -2.84. The SMILES string of the molecule is CC[C@@H](C)NC(=O)[C@H](Cc1ccccc1)N(Cc1ccc(Cl)cc1Cl)C(=O)CN(c1ccccc1OC)S(=O)(=O)c1ccccc1. The van der Waals surface area contributed by atoms with Gasteiger partial charge in [0, 0.05) is 29.1 Å². The maximum Gasteiger partial charge on any atom is 0.264 e. The fourth-order valence-corrected chi connectivity index (χ4v) is 6.81. The molecule has 1 N–H and O–H groups in total. The normalized spacial score (nSPS) is 12.5. The predicted octanol–water partition coefficient (Wildman–Crippen LogP) is 6.75. The zero-order valence-electron chi connectivity index (χ0n) is 25.9. The van der Waals surface area contributed by atoms with Gasteiger partial charge in [-0.1, -0.05) is 96.9 Å². The molecule has 0 fully saturated rings. The molecule has 8 nitrogen and oxygen atoms in total. The minimum absolute atomic E-state index is 0.00338. The highest BCUT2D eigenvalue weighted by atomic mass is 35.5. The first-order chi connectivity index (χ1) is 22.0. The lowest BCUT2D eigenvalue weighted by Crippen LogP contribution is -2.54. The molecule has 4 aromatic rings. The standard InChI is InChI=1S/C35H37Cl2N3O5S/c1-4-25(2)38-35(42)32(21-26-13-7-5-8-14-26)39(23-27-19-20-28(36)22-30(27)37)34(41)24-40(31-17-11-12-18-33(31)45-3)46(43,44)29-15-9-6-10-16-29/h5-20,22,25,32H,4,21,23-24H2,1-3H3,(H,38,42)/t25-,32+/m1/s1. The Morgan fingerprint density at radius 1 is 0.891 bits per heavy atom. The second-order valence-electron chi connectivity index (χ2n) is 10.8. The van der Waals surface area contributed by atoms with Crippen LogP contribution in [0.2, 0.25) is 10.0 Å². The molecule has 4 aromatic carbocycles. The van der Waals surface area contributed by atoms with Crippen LogP contribution in [0.15, 0.2) is 108 Å². The van der Waals surface area contributed by atoms with Gasteiger partial charge < -0.3 is 15.0 Å². The molecule has 0 saturated carbocycles.